The summed E-state index contributed by atoms with van der Waals surface area (Å²) < 4.78 is 3.50. The van der Waals surface area contributed by atoms with Crippen molar-refractivity contribution in [3.63, 3.8) is 0 Å². The zero-order valence-electron chi connectivity index (χ0n) is 16.0. The molecule has 0 spiro atoms. The molecule has 7 nitrogen and oxygen atoms in total. The van der Waals surface area contributed by atoms with Gasteiger partial charge in [0.05, 0.1) is 11.9 Å². The van der Waals surface area contributed by atoms with Gasteiger partial charge in [0, 0.05) is 36.4 Å². The molecule has 0 saturated carbocycles. The van der Waals surface area contributed by atoms with Crippen LogP contribution in [0.15, 0.2) is 55.0 Å². The number of rotatable bonds is 6. The zero-order valence-corrected chi connectivity index (χ0v) is 16.0. The van der Waals surface area contributed by atoms with E-state index in [1.807, 2.05) is 49.0 Å². The van der Waals surface area contributed by atoms with Crippen LogP contribution in [-0.4, -0.2) is 30.5 Å². The van der Waals surface area contributed by atoms with Crippen LogP contribution in [-0.2, 0) is 24.4 Å². The van der Waals surface area contributed by atoms with Crippen LogP contribution < -0.4 is 5.32 Å². The standard InChI is InChI=1S/C21H22N6O/c1-3-26-13-16(12-24-26)11-23-19(28)14-27-21-20(15(2)25-27)18(9-10-22-21)17-7-5-4-6-8-17/h4-10,12-13H,3,11,14H2,1-2H3,(H,23,28). The maximum Gasteiger partial charge on any atom is 0.242 e. The van der Waals surface area contributed by atoms with Gasteiger partial charge >= 0.3 is 0 Å². The lowest BCUT2D eigenvalue weighted by Gasteiger charge is -2.06. The Hall–Kier alpha value is -3.48. The van der Waals surface area contributed by atoms with Crippen molar-refractivity contribution >= 4 is 16.9 Å². The van der Waals surface area contributed by atoms with Crippen molar-refractivity contribution in [3.8, 4) is 11.1 Å². The van der Waals surface area contributed by atoms with Gasteiger partial charge in [0.15, 0.2) is 5.65 Å². The Labute approximate surface area is 163 Å². The quantitative estimate of drug-likeness (QED) is 0.563. The molecule has 0 aliphatic rings. The van der Waals surface area contributed by atoms with Crippen LogP contribution in [0.4, 0.5) is 0 Å². The molecule has 0 aliphatic heterocycles. The molecule has 142 valence electrons. The molecule has 1 N–H and O–H groups in total. The number of nitrogens with zero attached hydrogens (tertiary/aromatic N) is 5. The molecule has 0 aliphatic carbocycles. The number of hydrogen-bond donors (Lipinski definition) is 1. The summed E-state index contributed by atoms with van der Waals surface area (Å²) in [5.41, 5.74) is 4.73. The van der Waals surface area contributed by atoms with Crippen LogP contribution >= 0.6 is 0 Å². The fraction of sp³-hybridized carbons (Fsp3) is 0.238. The highest BCUT2D eigenvalue weighted by atomic mass is 16.2. The highest BCUT2D eigenvalue weighted by Crippen LogP contribution is 2.29. The molecule has 4 aromatic rings. The van der Waals surface area contributed by atoms with Crippen molar-refractivity contribution in [1.29, 1.82) is 0 Å². The summed E-state index contributed by atoms with van der Waals surface area (Å²) in [6.07, 6.45) is 5.46. The Morgan fingerprint density at radius 2 is 2.00 bits per heavy atom. The van der Waals surface area contributed by atoms with E-state index in [2.05, 4.69) is 32.6 Å². The molecule has 7 heteroatoms. The molecule has 4 rings (SSSR count). The van der Waals surface area contributed by atoms with E-state index in [1.165, 1.54) is 0 Å². The van der Waals surface area contributed by atoms with Gasteiger partial charge in [-0.2, -0.15) is 10.2 Å². The van der Waals surface area contributed by atoms with Crippen LogP contribution in [0.1, 0.15) is 18.2 Å². The van der Waals surface area contributed by atoms with Gasteiger partial charge < -0.3 is 5.32 Å². The van der Waals surface area contributed by atoms with Gasteiger partial charge in [-0.05, 0) is 31.0 Å². The van der Waals surface area contributed by atoms with E-state index in [9.17, 15) is 4.79 Å². The molecule has 0 saturated heterocycles. The third-order valence-electron chi connectivity index (χ3n) is 4.69. The summed E-state index contributed by atoms with van der Waals surface area (Å²) in [4.78, 5) is 16.9. The van der Waals surface area contributed by atoms with E-state index in [0.717, 1.165) is 34.3 Å². The van der Waals surface area contributed by atoms with E-state index in [0.29, 0.717) is 12.2 Å². The summed E-state index contributed by atoms with van der Waals surface area (Å²) in [6.45, 7) is 5.35. The van der Waals surface area contributed by atoms with Crippen molar-refractivity contribution < 1.29 is 4.79 Å². The Balaban J connectivity index is 1.55. The smallest absolute Gasteiger partial charge is 0.242 e. The normalized spacial score (nSPS) is 11.1. The SMILES string of the molecule is CCn1cc(CNC(=O)Cn2nc(C)c3c(-c4ccccc4)ccnc32)cn1. The van der Waals surface area contributed by atoms with Gasteiger partial charge in [-0.15, -0.1) is 0 Å². The van der Waals surface area contributed by atoms with Crippen molar-refractivity contribution in [3.05, 3.63) is 66.2 Å². The number of aromatic nitrogens is 5. The first-order valence-corrected chi connectivity index (χ1v) is 9.31. The van der Waals surface area contributed by atoms with E-state index in [1.54, 1.807) is 17.1 Å². The maximum absolute atomic E-state index is 12.4. The first-order chi connectivity index (χ1) is 13.7. The molecule has 3 heterocycles. The highest BCUT2D eigenvalue weighted by molar-refractivity contribution is 5.95. The summed E-state index contributed by atoms with van der Waals surface area (Å²) >= 11 is 0. The number of amides is 1. The van der Waals surface area contributed by atoms with Crippen molar-refractivity contribution in [2.45, 2.75) is 33.5 Å². The molecule has 0 atom stereocenters. The number of pyridine rings is 1. The van der Waals surface area contributed by atoms with Gasteiger partial charge in [-0.1, -0.05) is 30.3 Å². The van der Waals surface area contributed by atoms with Gasteiger partial charge in [0.25, 0.3) is 0 Å². The highest BCUT2D eigenvalue weighted by Gasteiger charge is 2.15. The lowest BCUT2D eigenvalue weighted by atomic mass is 10.0. The zero-order chi connectivity index (χ0) is 19.5. The Morgan fingerprint density at radius 3 is 2.75 bits per heavy atom. The van der Waals surface area contributed by atoms with Crippen LogP contribution in [0, 0.1) is 6.92 Å². The molecule has 1 aromatic carbocycles. The second-order valence-electron chi connectivity index (χ2n) is 6.65. The number of aryl methyl sites for hydroxylation is 2. The molecule has 0 fully saturated rings. The third-order valence-corrected chi connectivity index (χ3v) is 4.69. The maximum atomic E-state index is 12.4. The van der Waals surface area contributed by atoms with E-state index in [4.69, 9.17) is 0 Å². The second-order valence-corrected chi connectivity index (χ2v) is 6.65. The summed E-state index contributed by atoms with van der Waals surface area (Å²) in [6, 6.07) is 12.1. The fourth-order valence-electron chi connectivity index (χ4n) is 3.31. The van der Waals surface area contributed by atoms with Crippen LogP contribution in [0.3, 0.4) is 0 Å². The average Bonchev–Trinajstić information content (AvgIpc) is 3.32. The molecule has 0 unspecified atom stereocenters. The summed E-state index contributed by atoms with van der Waals surface area (Å²) in [7, 11) is 0. The fourth-order valence-corrected chi connectivity index (χ4v) is 3.31. The van der Waals surface area contributed by atoms with E-state index in [-0.39, 0.29) is 12.5 Å². The predicted molar refractivity (Wildman–Crippen MR) is 107 cm³/mol. The summed E-state index contributed by atoms with van der Waals surface area (Å²) in [5.74, 6) is -0.111. The molecule has 1 amide bonds. The topological polar surface area (TPSA) is 77.6 Å². The van der Waals surface area contributed by atoms with Crippen molar-refractivity contribution in [2.75, 3.05) is 0 Å². The average molecular weight is 374 g/mol. The Kier molecular flexibility index (Phi) is 4.89. The molecular weight excluding hydrogens is 352 g/mol. The number of nitrogens with one attached hydrogen (secondary N) is 1. The first kappa shape index (κ1) is 17.9. The van der Waals surface area contributed by atoms with Crippen LogP contribution in [0.5, 0.6) is 0 Å². The Morgan fingerprint density at radius 1 is 1.18 bits per heavy atom. The Bertz CT molecular complexity index is 1110. The molecule has 0 bridgehead atoms. The van der Waals surface area contributed by atoms with Gasteiger partial charge in [0.1, 0.15) is 6.54 Å². The van der Waals surface area contributed by atoms with Gasteiger partial charge in [0.2, 0.25) is 5.91 Å². The minimum Gasteiger partial charge on any atom is -0.350 e. The van der Waals surface area contributed by atoms with Crippen LogP contribution in [0.25, 0.3) is 22.2 Å². The summed E-state index contributed by atoms with van der Waals surface area (Å²) in [5, 5.41) is 12.7. The third kappa shape index (κ3) is 3.51. The van der Waals surface area contributed by atoms with Crippen molar-refractivity contribution in [2.24, 2.45) is 0 Å². The number of benzene rings is 1. The monoisotopic (exact) mass is 374 g/mol. The lowest BCUT2D eigenvalue weighted by Crippen LogP contribution is -2.27. The van der Waals surface area contributed by atoms with Crippen molar-refractivity contribution in [1.82, 2.24) is 29.9 Å². The molecular formula is C21H22N6O. The number of carbonyl (C=O) groups is 1. The minimum absolute atomic E-state index is 0.111. The minimum atomic E-state index is -0.111. The second kappa shape index (κ2) is 7.64. The van der Waals surface area contributed by atoms with Gasteiger partial charge in [-0.25, -0.2) is 9.67 Å². The predicted octanol–water partition coefficient (Wildman–Crippen LogP) is 2.94. The van der Waals surface area contributed by atoms with Crippen LogP contribution in [0.2, 0.25) is 0 Å². The van der Waals surface area contributed by atoms with E-state index < -0.39 is 0 Å². The first-order valence-electron chi connectivity index (χ1n) is 9.31. The molecule has 3 aromatic heterocycles. The molecule has 0 radical (unpaired) electrons. The van der Waals surface area contributed by atoms with E-state index >= 15 is 0 Å². The number of hydrogen-bond acceptors (Lipinski definition) is 4. The lowest BCUT2D eigenvalue weighted by molar-refractivity contribution is -0.121. The number of carbonyl (C=O) groups excluding carboxylic acids is 1. The number of fused-ring (bicyclic) bond motifs is 1. The largest absolute Gasteiger partial charge is 0.350 e. The molecule has 28 heavy (non-hydrogen) atoms. The van der Waals surface area contributed by atoms with Gasteiger partial charge in [-0.3, -0.25) is 9.48 Å².